The first-order valence-electron chi connectivity index (χ1n) is 4.77. The van der Waals surface area contributed by atoms with E-state index in [0.717, 1.165) is 4.74 Å². The van der Waals surface area contributed by atoms with Gasteiger partial charge >= 0.3 is 0 Å². The van der Waals surface area contributed by atoms with Gasteiger partial charge in [-0.05, 0) is 4.74 Å². The van der Waals surface area contributed by atoms with Crippen LogP contribution in [0.5, 0.6) is 0 Å². The van der Waals surface area contributed by atoms with Crippen molar-refractivity contribution < 1.29 is 24.1 Å². The minimum Gasteiger partial charge on any atom is -0.315 e. The van der Waals surface area contributed by atoms with Gasteiger partial charge in [-0.15, -0.1) is 0 Å². The summed E-state index contributed by atoms with van der Waals surface area (Å²) in [6.07, 6.45) is 3.43. The first-order valence-corrected chi connectivity index (χ1v) is 6.85. The van der Waals surface area contributed by atoms with Crippen molar-refractivity contribution in [2.75, 3.05) is 12.3 Å². The van der Waals surface area contributed by atoms with E-state index in [4.69, 9.17) is 0 Å². The quantitative estimate of drug-likeness (QED) is 0.328. The predicted octanol–water partition coefficient (Wildman–Crippen LogP) is 0.730. The predicted molar refractivity (Wildman–Crippen MR) is 55.2 cm³/mol. The smallest absolute Gasteiger partial charge is 0.258 e. The average molecular weight is 232 g/mol. The molecule has 0 amide bonds. The van der Waals surface area contributed by atoms with Crippen LogP contribution in [0.1, 0.15) is 19.8 Å². The fourth-order valence-electron chi connectivity index (χ4n) is 1.87. The van der Waals surface area contributed by atoms with Crippen LogP contribution in [0, 0.1) is 0 Å². The Morgan fingerprint density at radius 3 is 2.33 bits per heavy atom. The molecule has 1 unspecified atom stereocenters. The third-order valence-corrected chi connectivity index (χ3v) is 6.69. The van der Waals surface area contributed by atoms with Crippen LogP contribution in [-0.4, -0.2) is 46.3 Å². The van der Waals surface area contributed by atoms with Crippen LogP contribution in [0.4, 0.5) is 0 Å². The fourth-order valence-corrected chi connectivity index (χ4v) is 4.28. The maximum absolute atomic E-state index is 12.5. The molecule has 6 heteroatoms. The molecule has 0 aromatic carbocycles. The Kier molecular flexibility index (Phi) is 3.45. The van der Waals surface area contributed by atoms with Crippen LogP contribution in [0.15, 0.2) is 0 Å². The van der Waals surface area contributed by atoms with Crippen molar-refractivity contribution in [2.24, 2.45) is 0 Å². The summed E-state index contributed by atoms with van der Waals surface area (Å²) in [5, 5.41) is 8.65. The number of hydrogen-bond acceptors (Lipinski definition) is 4. The zero-order valence-electron chi connectivity index (χ0n) is 8.63. The molecule has 0 saturated heterocycles. The molecule has 15 heavy (non-hydrogen) atoms. The molecule has 0 spiro atoms. The van der Waals surface area contributed by atoms with Gasteiger partial charge in [-0.25, -0.2) is 0 Å². The molecule has 0 aromatic rings. The van der Waals surface area contributed by atoms with E-state index >= 15 is 0 Å². The number of hydrogen-bond donors (Lipinski definition) is 1. The van der Waals surface area contributed by atoms with Gasteiger partial charge in [0.2, 0.25) is 0 Å². The summed E-state index contributed by atoms with van der Waals surface area (Å²) < 4.78 is 13.4. The molecule has 1 N–H and O–H groups in total. The van der Waals surface area contributed by atoms with E-state index < -0.39 is 12.4 Å². The minimum atomic E-state index is -3.03. The van der Waals surface area contributed by atoms with Crippen molar-refractivity contribution >= 4 is 25.9 Å². The molecule has 0 saturated carbocycles. The van der Waals surface area contributed by atoms with E-state index in [-0.39, 0.29) is 12.3 Å². The van der Waals surface area contributed by atoms with Gasteiger partial charge in [0.05, 0.1) is 12.3 Å². The molecule has 84 valence electrons. The molecule has 1 aliphatic heterocycles. The Bertz CT molecular complexity index is 338. The normalized spacial score (nSPS) is 26.1. The van der Waals surface area contributed by atoms with Crippen molar-refractivity contribution in [3.63, 3.8) is 0 Å². The maximum atomic E-state index is 12.5. The van der Waals surface area contributed by atoms with Crippen LogP contribution in [0.3, 0.4) is 0 Å². The second-order valence-electron chi connectivity index (χ2n) is 3.87. The van der Waals surface area contributed by atoms with Crippen molar-refractivity contribution in [3.05, 3.63) is 0 Å². The SMILES string of the molecule is CC1(P(=O)(CC=O)CC=O)CCC=[N+]1O. The van der Waals surface area contributed by atoms with Crippen molar-refractivity contribution in [1.29, 1.82) is 0 Å². The summed E-state index contributed by atoms with van der Waals surface area (Å²) in [7, 11) is -3.03. The van der Waals surface area contributed by atoms with Crippen LogP contribution < -0.4 is 0 Å². The fraction of sp³-hybridized carbons (Fsp3) is 0.667. The summed E-state index contributed by atoms with van der Waals surface area (Å²) in [6.45, 7) is 1.63. The average Bonchev–Trinajstić information content (AvgIpc) is 2.49. The molecule has 0 aliphatic carbocycles. The van der Waals surface area contributed by atoms with Gasteiger partial charge in [0, 0.05) is 19.8 Å². The minimum absolute atomic E-state index is 0.160. The monoisotopic (exact) mass is 232 g/mol. The maximum Gasteiger partial charge on any atom is 0.258 e. The lowest BCUT2D eigenvalue weighted by Crippen LogP contribution is -2.36. The molecule has 1 heterocycles. The molecular weight excluding hydrogens is 217 g/mol. The molecule has 5 nitrogen and oxygen atoms in total. The first kappa shape index (κ1) is 12.1. The van der Waals surface area contributed by atoms with Crippen molar-refractivity contribution in [2.45, 2.75) is 25.0 Å². The van der Waals surface area contributed by atoms with Gasteiger partial charge in [0.1, 0.15) is 12.6 Å². The Morgan fingerprint density at radius 1 is 1.47 bits per heavy atom. The lowest BCUT2D eigenvalue weighted by molar-refractivity contribution is -0.800. The van der Waals surface area contributed by atoms with E-state index in [1.165, 1.54) is 6.21 Å². The number of carbonyl (C=O) groups excluding carboxylic acids is 2. The van der Waals surface area contributed by atoms with E-state index in [1.807, 2.05) is 0 Å². The molecule has 0 fully saturated rings. The third kappa shape index (κ3) is 1.88. The highest BCUT2D eigenvalue weighted by Gasteiger charge is 2.56. The highest BCUT2D eigenvalue weighted by molar-refractivity contribution is 7.66. The van der Waals surface area contributed by atoms with Gasteiger partial charge in [-0.1, -0.05) is 0 Å². The first-order chi connectivity index (χ1) is 7.00. The highest BCUT2D eigenvalue weighted by Crippen LogP contribution is 2.59. The Balaban J connectivity index is 3.08. The van der Waals surface area contributed by atoms with Gasteiger partial charge in [0.25, 0.3) is 5.28 Å². The second kappa shape index (κ2) is 4.27. The number of nitrogens with zero attached hydrogens (tertiary/aromatic N) is 1. The number of carbonyl (C=O) groups is 2. The number of aldehydes is 2. The van der Waals surface area contributed by atoms with Gasteiger partial charge < -0.3 is 14.2 Å². The van der Waals surface area contributed by atoms with E-state index in [9.17, 15) is 19.4 Å². The molecule has 0 aromatic heterocycles. The Hall–Kier alpha value is -0.960. The van der Waals surface area contributed by atoms with E-state index in [2.05, 4.69) is 0 Å². The zero-order valence-corrected chi connectivity index (χ0v) is 9.52. The summed E-state index contributed by atoms with van der Waals surface area (Å²) in [5.41, 5.74) is 0. The van der Waals surface area contributed by atoms with Crippen LogP contribution in [0.25, 0.3) is 0 Å². The summed E-state index contributed by atoms with van der Waals surface area (Å²) in [5.74, 6) is 0. The summed E-state index contributed by atoms with van der Waals surface area (Å²) >= 11 is 0. The third-order valence-electron chi connectivity index (χ3n) is 3.03. The number of hydroxylamine groups is 1. The van der Waals surface area contributed by atoms with E-state index in [1.54, 1.807) is 6.92 Å². The second-order valence-corrected chi connectivity index (χ2v) is 7.34. The molecule has 0 radical (unpaired) electrons. The Labute approximate surface area is 88.1 Å². The molecule has 1 atom stereocenters. The van der Waals surface area contributed by atoms with Gasteiger partial charge in [-0.2, -0.15) is 0 Å². The Morgan fingerprint density at radius 2 is 2.00 bits per heavy atom. The zero-order chi connectivity index (χ0) is 11.5. The summed E-state index contributed by atoms with van der Waals surface area (Å²) in [6, 6.07) is 0. The number of rotatable bonds is 5. The van der Waals surface area contributed by atoms with Crippen LogP contribution in [0.2, 0.25) is 0 Å². The van der Waals surface area contributed by atoms with Crippen molar-refractivity contribution in [1.82, 2.24) is 0 Å². The van der Waals surface area contributed by atoms with Crippen molar-refractivity contribution in [3.8, 4) is 0 Å². The lowest BCUT2D eigenvalue weighted by Gasteiger charge is -2.25. The standard InChI is InChI=1S/C9H15NO4P/c1-9(3-2-4-10(9)13)15(14,7-5-11)8-6-12/h4-6,13H,2-3,7-8H2,1H3/q+1. The van der Waals surface area contributed by atoms with Gasteiger partial charge in [0.15, 0.2) is 13.4 Å². The lowest BCUT2D eigenvalue weighted by atomic mass is 10.2. The topological polar surface area (TPSA) is 74.5 Å². The van der Waals surface area contributed by atoms with Crippen LogP contribution >= 0.6 is 7.14 Å². The van der Waals surface area contributed by atoms with E-state index in [0.29, 0.717) is 25.4 Å². The molecular formula is C9H15NO4P+. The molecule has 1 rings (SSSR count). The molecule has 1 aliphatic rings. The largest absolute Gasteiger partial charge is 0.315 e. The van der Waals surface area contributed by atoms with Crippen LogP contribution in [-0.2, 0) is 14.2 Å². The summed E-state index contributed by atoms with van der Waals surface area (Å²) in [4.78, 5) is 21.0. The highest BCUT2D eigenvalue weighted by atomic mass is 31.2. The molecule has 0 bridgehead atoms. The van der Waals surface area contributed by atoms with Gasteiger partial charge in [-0.3, -0.25) is 5.21 Å².